The second kappa shape index (κ2) is 10.6. The van der Waals surface area contributed by atoms with Gasteiger partial charge in [-0.25, -0.2) is 13.8 Å². The first kappa shape index (κ1) is 25.8. The summed E-state index contributed by atoms with van der Waals surface area (Å²) in [6.45, 7) is 5.45. The molecule has 1 heterocycles. The summed E-state index contributed by atoms with van der Waals surface area (Å²) in [4.78, 5) is 12.5. The fraction of sp³-hybridized carbons (Fsp3) is 0.250. The summed E-state index contributed by atoms with van der Waals surface area (Å²) in [5, 5.41) is 5.14. The highest BCUT2D eigenvalue weighted by molar-refractivity contribution is 7.92. The number of benzene rings is 2. The average Bonchev–Trinajstić information content (AvgIpc) is 3.06. The Morgan fingerprint density at radius 3 is 2.41 bits per heavy atom. The Hall–Kier alpha value is -2.81. The number of hydrogen-bond acceptors (Lipinski definition) is 4. The normalized spacial score (nSPS) is 11.7. The van der Waals surface area contributed by atoms with E-state index in [2.05, 4.69) is 10.5 Å². The molecule has 0 bridgehead atoms. The zero-order valence-electron chi connectivity index (χ0n) is 19.3. The summed E-state index contributed by atoms with van der Waals surface area (Å²) >= 11 is 12.5. The summed E-state index contributed by atoms with van der Waals surface area (Å²) in [6, 6.07) is 14.2. The molecule has 1 aromatic heterocycles. The zero-order chi connectivity index (χ0) is 25.0. The van der Waals surface area contributed by atoms with Crippen LogP contribution in [-0.4, -0.2) is 37.9 Å². The molecule has 7 nitrogen and oxygen atoms in total. The number of anilines is 1. The summed E-state index contributed by atoms with van der Waals surface area (Å²) < 4.78 is 27.5. The lowest BCUT2D eigenvalue weighted by Gasteiger charge is -2.21. The number of nitrogens with one attached hydrogen (secondary N) is 1. The molecule has 0 spiro atoms. The van der Waals surface area contributed by atoms with Crippen molar-refractivity contribution in [2.45, 2.75) is 27.2 Å². The van der Waals surface area contributed by atoms with Crippen LogP contribution >= 0.6 is 23.2 Å². The van der Waals surface area contributed by atoms with E-state index in [0.717, 1.165) is 45.2 Å². The topological polar surface area (TPSA) is 83.8 Å². The lowest BCUT2D eigenvalue weighted by molar-refractivity contribution is -0.119. The fourth-order valence-electron chi connectivity index (χ4n) is 3.58. The van der Waals surface area contributed by atoms with Gasteiger partial charge in [-0.1, -0.05) is 42.3 Å². The van der Waals surface area contributed by atoms with Crippen LogP contribution in [0, 0.1) is 13.8 Å². The summed E-state index contributed by atoms with van der Waals surface area (Å²) in [6.07, 6.45) is 3.40. The summed E-state index contributed by atoms with van der Waals surface area (Å²) in [5.74, 6) is -0.562. The van der Waals surface area contributed by atoms with Gasteiger partial charge in [-0.2, -0.15) is 5.10 Å². The van der Waals surface area contributed by atoms with Crippen LogP contribution in [0.5, 0.6) is 0 Å². The van der Waals surface area contributed by atoms with Crippen LogP contribution in [0.1, 0.15) is 29.4 Å². The maximum absolute atomic E-state index is 12.5. The van der Waals surface area contributed by atoms with E-state index in [4.69, 9.17) is 23.2 Å². The van der Waals surface area contributed by atoms with Gasteiger partial charge in [0.25, 0.3) is 5.91 Å². The van der Waals surface area contributed by atoms with Crippen LogP contribution < -0.4 is 9.73 Å². The van der Waals surface area contributed by atoms with E-state index in [1.54, 1.807) is 30.3 Å². The lowest BCUT2D eigenvalue weighted by atomic mass is 10.1. The molecule has 1 amide bonds. The highest BCUT2D eigenvalue weighted by atomic mass is 35.5. The van der Waals surface area contributed by atoms with Gasteiger partial charge in [0.15, 0.2) is 0 Å². The van der Waals surface area contributed by atoms with E-state index in [9.17, 15) is 13.2 Å². The maximum atomic E-state index is 12.5. The van der Waals surface area contributed by atoms with Gasteiger partial charge in [0.05, 0.1) is 28.9 Å². The van der Waals surface area contributed by atoms with Crippen molar-refractivity contribution in [3.8, 4) is 5.69 Å². The van der Waals surface area contributed by atoms with E-state index in [-0.39, 0.29) is 0 Å². The molecule has 0 atom stereocenters. The molecule has 34 heavy (non-hydrogen) atoms. The van der Waals surface area contributed by atoms with Crippen molar-refractivity contribution in [1.29, 1.82) is 0 Å². The minimum absolute atomic E-state index is 0.390. The number of sulfonamides is 1. The predicted octanol–water partition coefficient (Wildman–Crippen LogP) is 4.88. The molecule has 1 N–H and O–H groups in total. The Morgan fingerprint density at radius 2 is 1.79 bits per heavy atom. The van der Waals surface area contributed by atoms with Gasteiger partial charge < -0.3 is 4.57 Å². The first-order chi connectivity index (χ1) is 16.0. The maximum Gasteiger partial charge on any atom is 0.260 e. The van der Waals surface area contributed by atoms with Crippen molar-refractivity contribution in [3.63, 3.8) is 0 Å². The van der Waals surface area contributed by atoms with Gasteiger partial charge >= 0.3 is 0 Å². The number of nitrogens with zero attached hydrogens (tertiary/aromatic N) is 3. The number of hydrazone groups is 1. The number of aromatic nitrogens is 1. The number of rotatable bonds is 8. The van der Waals surface area contributed by atoms with E-state index < -0.39 is 22.5 Å². The van der Waals surface area contributed by atoms with E-state index in [0.29, 0.717) is 15.7 Å². The smallest absolute Gasteiger partial charge is 0.260 e. The highest BCUT2D eigenvalue weighted by Crippen LogP contribution is 2.28. The van der Waals surface area contributed by atoms with Crippen LogP contribution in [0.3, 0.4) is 0 Å². The lowest BCUT2D eigenvalue weighted by Crippen LogP contribution is -2.39. The molecule has 0 fully saturated rings. The average molecular weight is 521 g/mol. The van der Waals surface area contributed by atoms with Gasteiger partial charge in [-0.05, 0) is 62.2 Å². The van der Waals surface area contributed by atoms with Gasteiger partial charge in [-0.3, -0.25) is 9.10 Å². The molecule has 3 rings (SSSR count). The summed E-state index contributed by atoms with van der Waals surface area (Å²) in [7, 11) is -3.66. The molecular weight excluding hydrogens is 495 g/mol. The van der Waals surface area contributed by atoms with E-state index in [1.165, 1.54) is 6.21 Å². The third-order valence-electron chi connectivity index (χ3n) is 5.33. The molecule has 2 aromatic carbocycles. The molecule has 0 saturated carbocycles. The van der Waals surface area contributed by atoms with Crippen LogP contribution in [0.25, 0.3) is 5.69 Å². The second-order valence-corrected chi connectivity index (χ2v) is 10.6. The Bertz CT molecular complexity index is 1330. The first-order valence-corrected chi connectivity index (χ1v) is 13.1. The van der Waals surface area contributed by atoms with Crippen LogP contribution in [-0.2, 0) is 21.2 Å². The Kier molecular flexibility index (Phi) is 8.07. The Balaban J connectivity index is 1.76. The van der Waals surface area contributed by atoms with Crippen LogP contribution in [0.4, 0.5) is 5.69 Å². The molecule has 180 valence electrons. The molecule has 0 radical (unpaired) electrons. The van der Waals surface area contributed by atoms with Gasteiger partial charge in [0, 0.05) is 22.0 Å². The quantitative estimate of drug-likeness (QED) is 0.339. The number of carbonyl (C=O) groups is 1. The van der Waals surface area contributed by atoms with Gasteiger partial charge in [0.2, 0.25) is 10.0 Å². The Labute approximate surface area is 210 Å². The SMILES string of the molecule is CCc1ccc(N(CC(=O)N/N=C\c2cc(C)n(-c3cc(Cl)ccc3Cl)c2C)S(C)(=O)=O)cc1. The molecule has 3 aromatic rings. The van der Waals surface area contributed by atoms with Crippen LogP contribution in [0.2, 0.25) is 10.0 Å². The van der Waals surface area contributed by atoms with E-state index >= 15 is 0 Å². The first-order valence-electron chi connectivity index (χ1n) is 10.5. The molecule has 0 aliphatic heterocycles. The number of carbonyl (C=O) groups excluding carboxylic acids is 1. The third kappa shape index (κ3) is 6.00. The van der Waals surface area contributed by atoms with Gasteiger partial charge in [-0.15, -0.1) is 0 Å². The molecular formula is C24H26Cl2N4O3S. The standard InChI is InChI=1S/C24H26Cl2N4O3S/c1-5-18-6-9-21(10-7-18)29(34(4,32)33)15-24(31)28-27-14-19-12-16(2)30(17(19)3)23-13-20(25)8-11-22(23)26/h6-14H,5,15H2,1-4H3,(H,28,31)/b27-14-. The minimum atomic E-state index is -3.66. The predicted molar refractivity (Wildman–Crippen MR) is 139 cm³/mol. The minimum Gasteiger partial charge on any atom is -0.316 e. The van der Waals surface area contributed by atoms with Crippen molar-refractivity contribution in [3.05, 3.63) is 81.1 Å². The van der Waals surface area contributed by atoms with Gasteiger partial charge in [0.1, 0.15) is 6.54 Å². The fourth-order valence-corrected chi connectivity index (χ4v) is 4.81. The zero-order valence-corrected chi connectivity index (χ0v) is 21.7. The van der Waals surface area contributed by atoms with Crippen molar-refractivity contribution in [2.75, 3.05) is 17.1 Å². The highest BCUT2D eigenvalue weighted by Gasteiger charge is 2.20. The largest absolute Gasteiger partial charge is 0.316 e. The third-order valence-corrected chi connectivity index (χ3v) is 7.03. The molecule has 0 aliphatic carbocycles. The molecule has 0 aliphatic rings. The van der Waals surface area contributed by atoms with Crippen LogP contribution in [0.15, 0.2) is 53.6 Å². The van der Waals surface area contributed by atoms with Crippen molar-refractivity contribution in [1.82, 2.24) is 9.99 Å². The molecule has 10 heteroatoms. The van der Waals surface area contributed by atoms with Crippen molar-refractivity contribution < 1.29 is 13.2 Å². The number of hydrogen-bond donors (Lipinski definition) is 1. The summed E-state index contributed by atoms with van der Waals surface area (Å²) in [5.41, 5.74) is 7.17. The number of halogens is 2. The monoisotopic (exact) mass is 520 g/mol. The van der Waals surface area contributed by atoms with Crippen molar-refractivity contribution in [2.24, 2.45) is 5.10 Å². The Morgan fingerprint density at radius 1 is 1.12 bits per heavy atom. The molecule has 0 unspecified atom stereocenters. The molecule has 0 saturated heterocycles. The number of aryl methyl sites for hydroxylation is 2. The second-order valence-electron chi connectivity index (χ2n) is 7.84. The number of amides is 1. The van der Waals surface area contributed by atoms with Crippen molar-refractivity contribution >= 4 is 51.0 Å². The van der Waals surface area contributed by atoms with E-state index in [1.807, 2.05) is 43.5 Å².